The number of hydrogen-bond donors (Lipinski definition) is 0. The van der Waals surface area contributed by atoms with Gasteiger partial charge in [0.05, 0.1) is 19.0 Å². The van der Waals surface area contributed by atoms with Crippen LogP contribution in [0.25, 0.3) is 0 Å². The first-order chi connectivity index (χ1) is 8.69. The molecule has 0 atom stereocenters. The molecule has 2 rings (SSSR count). The lowest BCUT2D eigenvalue weighted by Gasteiger charge is -2.31. The molecule has 6 heteroatoms. The van der Waals surface area contributed by atoms with Gasteiger partial charge in [-0.1, -0.05) is 0 Å². The second kappa shape index (κ2) is 4.89. The van der Waals surface area contributed by atoms with Gasteiger partial charge in [0, 0.05) is 11.0 Å². The third-order valence-corrected chi connectivity index (χ3v) is 2.51. The lowest BCUT2D eigenvalue weighted by molar-refractivity contribution is -0.426. The maximum Gasteiger partial charge on any atom is 0.330 e. The van der Waals surface area contributed by atoms with Gasteiger partial charge in [0.1, 0.15) is 5.76 Å². The van der Waals surface area contributed by atoms with E-state index in [9.17, 15) is 10.1 Å². The van der Waals surface area contributed by atoms with Crippen LogP contribution in [0.3, 0.4) is 0 Å². The van der Waals surface area contributed by atoms with E-state index in [-0.39, 0.29) is 11.4 Å². The minimum Gasteiger partial charge on any atom is -0.754 e. The normalized spacial score (nSPS) is 22.8. The van der Waals surface area contributed by atoms with E-state index in [1.165, 1.54) is 26.6 Å². The highest BCUT2D eigenvalue weighted by Gasteiger charge is 2.33. The average Bonchev–Trinajstić information content (AvgIpc) is 2.38. The number of allylic oxidation sites excluding steroid dienone is 4. The maximum absolute atomic E-state index is 11.8. The molecule has 0 aromatic rings. The molecule has 0 saturated carbocycles. The number of rotatable bonds is 2. The Balaban J connectivity index is 2.60. The van der Waals surface area contributed by atoms with E-state index in [2.05, 4.69) is 0 Å². The summed E-state index contributed by atoms with van der Waals surface area (Å²) in [5, 5.41) is 12.4. The largest absolute Gasteiger partial charge is 0.754 e. The summed E-state index contributed by atoms with van der Waals surface area (Å²) < 4.78 is 10.8. The summed E-state index contributed by atoms with van der Waals surface area (Å²) in [6.07, 6.45) is 8.89. The predicted molar refractivity (Wildman–Crippen MR) is 64.3 cm³/mol. The quantitative estimate of drug-likeness (QED) is 0.698. The molecule has 6 nitrogen and oxygen atoms in total. The van der Waals surface area contributed by atoms with E-state index >= 15 is 0 Å². The van der Waals surface area contributed by atoms with Gasteiger partial charge >= 0.3 is 5.70 Å². The number of nitrogens with zero attached hydrogens (tertiary/aromatic N) is 2. The molecule has 0 bridgehead atoms. The first-order valence-electron chi connectivity index (χ1n) is 5.21. The molecule has 0 fully saturated rings. The Morgan fingerprint density at radius 1 is 1.17 bits per heavy atom. The fourth-order valence-corrected chi connectivity index (χ4v) is 1.71. The molecular formula is C12H12N2O4. The van der Waals surface area contributed by atoms with E-state index in [0.717, 1.165) is 0 Å². The van der Waals surface area contributed by atoms with Crippen LogP contribution in [0.1, 0.15) is 0 Å². The summed E-state index contributed by atoms with van der Waals surface area (Å²) in [4.78, 5) is 11.8. The summed E-state index contributed by atoms with van der Waals surface area (Å²) in [5.41, 5.74) is 0.236. The fourth-order valence-electron chi connectivity index (χ4n) is 1.71. The zero-order valence-corrected chi connectivity index (χ0v) is 9.99. The van der Waals surface area contributed by atoms with E-state index in [4.69, 9.17) is 9.47 Å². The van der Waals surface area contributed by atoms with Crippen molar-refractivity contribution in [2.24, 2.45) is 0 Å². The molecule has 2 aliphatic rings. The Morgan fingerprint density at radius 3 is 2.50 bits per heavy atom. The summed E-state index contributed by atoms with van der Waals surface area (Å²) in [6, 6.07) is 0. The molecule has 0 radical (unpaired) electrons. The van der Waals surface area contributed by atoms with Crippen molar-refractivity contribution in [1.29, 1.82) is 0 Å². The summed E-state index contributed by atoms with van der Waals surface area (Å²) in [6.45, 7) is 0. The Kier molecular flexibility index (Phi) is 3.29. The maximum atomic E-state index is 11.8. The lowest BCUT2D eigenvalue weighted by Crippen LogP contribution is -2.22. The molecule has 18 heavy (non-hydrogen) atoms. The van der Waals surface area contributed by atoms with Gasteiger partial charge in [0.15, 0.2) is 11.5 Å². The van der Waals surface area contributed by atoms with Crippen molar-refractivity contribution in [3.8, 4) is 0 Å². The van der Waals surface area contributed by atoms with Crippen molar-refractivity contribution in [1.82, 2.24) is 5.06 Å². The van der Waals surface area contributed by atoms with Crippen LogP contribution in [0.4, 0.5) is 0 Å². The third-order valence-electron chi connectivity index (χ3n) is 2.51. The van der Waals surface area contributed by atoms with Crippen molar-refractivity contribution in [2.45, 2.75) is 0 Å². The number of ether oxygens (including phenoxy) is 2. The van der Waals surface area contributed by atoms with E-state index in [1.54, 1.807) is 24.3 Å². The van der Waals surface area contributed by atoms with Crippen LogP contribution in [-0.4, -0.2) is 24.0 Å². The average molecular weight is 248 g/mol. The highest BCUT2D eigenvalue weighted by Crippen LogP contribution is 2.29. The zero-order valence-electron chi connectivity index (χ0n) is 9.99. The van der Waals surface area contributed by atoms with E-state index in [1.807, 2.05) is 0 Å². The van der Waals surface area contributed by atoms with Crippen LogP contribution in [-0.2, 0) is 9.47 Å². The van der Waals surface area contributed by atoms with Gasteiger partial charge in [-0.15, -0.1) is 0 Å². The van der Waals surface area contributed by atoms with Crippen LogP contribution < -0.4 is 0 Å². The smallest absolute Gasteiger partial charge is 0.330 e. The minimum absolute atomic E-state index is 0.118. The van der Waals surface area contributed by atoms with Gasteiger partial charge in [0.25, 0.3) is 0 Å². The van der Waals surface area contributed by atoms with Gasteiger partial charge in [-0.25, -0.2) is 0 Å². The van der Waals surface area contributed by atoms with Crippen molar-refractivity contribution < 1.29 is 14.2 Å². The fraction of sp³-hybridized carbons (Fsp3) is 0.167. The zero-order chi connectivity index (χ0) is 13.1. The van der Waals surface area contributed by atoms with Crippen LogP contribution >= 0.6 is 0 Å². The molecular weight excluding hydrogens is 236 g/mol. The van der Waals surface area contributed by atoms with E-state index < -0.39 is 0 Å². The molecule has 0 unspecified atom stereocenters. The topological polar surface area (TPSA) is 64.8 Å². The minimum atomic E-state index is 0.118. The second-order valence-corrected chi connectivity index (χ2v) is 3.50. The third kappa shape index (κ3) is 1.93. The summed E-state index contributed by atoms with van der Waals surface area (Å²) in [5.74, 6) is 0.614. The van der Waals surface area contributed by atoms with Crippen LogP contribution in [0.2, 0.25) is 0 Å². The highest BCUT2D eigenvalue weighted by molar-refractivity contribution is 5.42. The molecule has 0 aromatic heterocycles. The van der Waals surface area contributed by atoms with Crippen LogP contribution in [0.5, 0.6) is 0 Å². The molecule has 0 saturated heterocycles. The van der Waals surface area contributed by atoms with Crippen molar-refractivity contribution in [3.63, 3.8) is 0 Å². The second-order valence-electron chi connectivity index (χ2n) is 3.50. The van der Waals surface area contributed by atoms with Crippen molar-refractivity contribution >= 4 is 0 Å². The van der Waals surface area contributed by atoms with Crippen LogP contribution in [0.15, 0.2) is 59.6 Å². The van der Waals surface area contributed by atoms with Gasteiger partial charge in [0.2, 0.25) is 6.20 Å². The lowest BCUT2D eigenvalue weighted by atomic mass is 10.1. The van der Waals surface area contributed by atoms with Gasteiger partial charge < -0.3 is 19.7 Å². The molecule has 2 aliphatic heterocycles. The molecule has 0 aromatic carbocycles. The first-order valence-corrected chi connectivity index (χ1v) is 5.21. The number of methoxy groups -OCH3 is 2. The molecule has 0 N–H and O–H groups in total. The highest BCUT2D eigenvalue weighted by atomic mass is 16.5. The van der Waals surface area contributed by atoms with Crippen molar-refractivity contribution in [2.75, 3.05) is 14.2 Å². The Hall–Kier alpha value is -2.34. The molecule has 0 aliphatic carbocycles. The number of hydroxylamine groups is 2. The molecule has 0 amide bonds. The van der Waals surface area contributed by atoms with E-state index in [0.29, 0.717) is 21.3 Å². The predicted octanol–water partition coefficient (Wildman–Crippen LogP) is 1.89. The van der Waals surface area contributed by atoms with Gasteiger partial charge in [-0.2, -0.15) is 0 Å². The van der Waals surface area contributed by atoms with Gasteiger partial charge in [-0.3, -0.25) is 0 Å². The van der Waals surface area contributed by atoms with Gasteiger partial charge in [-0.05, 0) is 24.4 Å². The molecule has 2 heterocycles. The van der Waals surface area contributed by atoms with Crippen molar-refractivity contribution in [3.05, 3.63) is 69.7 Å². The number of hydrogen-bond acceptors (Lipinski definition) is 5. The Labute approximate surface area is 104 Å². The monoisotopic (exact) mass is 248 g/mol. The number of nitroso groups, excluding NO2 is 1. The summed E-state index contributed by atoms with van der Waals surface area (Å²) >= 11 is 0. The van der Waals surface area contributed by atoms with Crippen LogP contribution in [0, 0.1) is 10.1 Å². The SMILES string of the molecule is COC1=CC=CN([O-])C1=C1C(OC)=CC=C[N+]1=O. The molecule has 94 valence electrons. The Bertz CT molecular complexity index is 526. The molecule has 0 spiro atoms. The Morgan fingerprint density at radius 2 is 1.83 bits per heavy atom. The first kappa shape index (κ1) is 12.1. The standard InChI is InChI=1S/C12H12N2O4/c1-17-9-5-3-7-13(15)11(9)12-10(18-2)6-4-8-14(12)16/h3-8H,1-2H3. The summed E-state index contributed by atoms with van der Waals surface area (Å²) in [7, 11) is 2.87.